The van der Waals surface area contributed by atoms with Gasteiger partial charge in [0.1, 0.15) is 5.82 Å². The Morgan fingerprint density at radius 3 is 2.79 bits per heavy atom. The second kappa shape index (κ2) is 10.4. The average molecular weight is 613 g/mol. The molecular formula is C23H24FIN5O2S2-. The van der Waals surface area contributed by atoms with Gasteiger partial charge in [-0.1, -0.05) is 12.1 Å². The summed E-state index contributed by atoms with van der Waals surface area (Å²) in [6.45, 7) is 5.45. The van der Waals surface area contributed by atoms with Crippen molar-refractivity contribution < 1.29 is 34.2 Å². The molecule has 4 aromatic rings. The third kappa shape index (κ3) is 5.66. The summed E-state index contributed by atoms with van der Waals surface area (Å²) in [5, 5.41) is 18.7. The molecule has 0 bridgehead atoms. The number of halogens is 2. The van der Waals surface area contributed by atoms with E-state index in [-0.39, 0.29) is 27.4 Å². The summed E-state index contributed by atoms with van der Waals surface area (Å²) in [5.41, 5.74) is 1.10. The number of thiazole rings is 1. The first kappa shape index (κ1) is 23.8. The van der Waals surface area contributed by atoms with E-state index in [1.807, 2.05) is 30.3 Å². The van der Waals surface area contributed by atoms with E-state index in [2.05, 4.69) is 20.5 Å². The zero-order valence-electron chi connectivity index (χ0n) is 18.4. The molecular weight excluding hydrogens is 588 g/mol. The summed E-state index contributed by atoms with van der Waals surface area (Å²) in [4.78, 5) is 13.0. The molecule has 0 amide bonds. The van der Waals surface area contributed by atoms with Crippen molar-refractivity contribution in [1.29, 1.82) is 0 Å². The van der Waals surface area contributed by atoms with Crippen LogP contribution in [0.1, 0.15) is 11.8 Å². The molecule has 1 fully saturated rings. The molecule has 0 radical (unpaired) electrons. The second-order valence-corrected chi connectivity index (χ2v) is 12.0. The van der Waals surface area contributed by atoms with Crippen LogP contribution in [0.15, 0.2) is 48.7 Å². The molecule has 1 aromatic carbocycles. The van der Waals surface area contributed by atoms with Crippen LogP contribution in [0.3, 0.4) is 0 Å². The van der Waals surface area contributed by atoms with Crippen LogP contribution in [0, 0.1) is 5.82 Å². The quantitative estimate of drug-likeness (QED) is 0.121. The molecule has 7 nitrogen and oxygen atoms in total. The number of alkyl halides is 1. The van der Waals surface area contributed by atoms with Gasteiger partial charge in [-0.3, -0.25) is 4.98 Å². The molecule has 0 aliphatic carbocycles. The third-order valence-electron chi connectivity index (χ3n) is 5.35. The van der Waals surface area contributed by atoms with Gasteiger partial charge in [0, 0.05) is 11.3 Å². The number of hydrogen-bond acceptors (Lipinski definition) is 9. The van der Waals surface area contributed by atoms with Crippen molar-refractivity contribution in [3.63, 3.8) is 0 Å². The summed E-state index contributed by atoms with van der Waals surface area (Å²) in [6, 6.07) is 12.6. The van der Waals surface area contributed by atoms with Gasteiger partial charge < -0.3 is 0 Å². The number of hydrogen-bond donors (Lipinski definition) is 3. The Hall–Kier alpha value is -1.90. The van der Waals surface area contributed by atoms with E-state index in [4.69, 9.17) is 8.05 Å². The normalized spacial score (nSPS) is 16.7. The zero-order valence-corrected chi connectivity index (χ0v) is 22.2. The van der Waals surface area contributed by atoms with E-state index < -0.39 is 5.72 Å². The van der Waals surface area contributed by atoms with E-state index in [9.17, 15) is 9.50 Å². The molecule has 1 aliphatic rings. The maximum absolute atomic E-state index is 13.1. The summed E-state index contributed by atoms with van der Waals surface area (Å²) in [5.74, 6) is -0.361. The maximum atomic E-state index is 13.1. The van der Waals surface area contributed by atoms with Crippen LogP contribution in [0.25, 0.3) is 20.8 Å². The Labute approximate surface area is 215 Å². The molecule has 1 saturated heterocycles. The number of nitrogens with one attached hydrogen (secondary N) is 2. The van der Waals surface area contributed by atoms with Gasteiger partial charge in [0.25, 0.3) is 0 Å². The molecule has 4 heterocycles. The Morgan fingerprint density at radius 1 is 1.24 bits per heavy atom. The summed E-state index contributed by atoms with van der Waals surface area (Å²) in [7, 11) is 0. The zero-order chi connectivity index (χ0) is 23.5. The van der Waals surface area contributed by atoms with Crippen LogP contribution in [-0.4, -0.2) is 50.8 Å². The second-order valence-electron chi connectivity index (χ2n) is 8.02. The molecule has 1 unspecified atom stereocenters. The fourth-order valence-electron chi connectivity index (χ4n) is 3.54. The van der Waals surface area contributed by atoms with Gasteiger partial charge in [-0.05, 0) is 24.3 Å². The number of anilines is 2. The predicted octanol–water partition coefficient (Wildman–Crippen LogP) is 1.54. The fourth-order valence-corrected chi connectivity index (χ4v) is 7.46. The number of benzene rings is 1. The Morgan fingerprint density at radius 2 is 2.09 bits per heavy atom. The fraction of sp³-hybridized carbons (Fsp3) is 0.304. The standard InChI is InChI=1S/C23H24FIN5O2S2/c1-23(31,29-17-5-2-15(3-6-17)18-7-4-16(24)13-27-18)20-12-19-21(34-20)28-22(33-19)26-8-9-30-10-11-32-25-14-30/h2-7,12-13,29,31H,8-11,14H2,1H3,(H,26,28)/q-1. The van der Waals surface area contributed by atoms with Crippen molar-refractivity contribution in [2.75, 3.05) is 41.4 Å². The van der Waals surface area contributed by atoms with Crippen LogP contribution in [0.5, 0.6) is 0 Å². The van der Waals surface area contributed by atoms with Gasteiger partial charge >= 0.3 is 142 Å². The van der Waals surface area contributed by atoms with Crippen molar-refractivity contribution in [2.24, 2.45) is 0 Å². The molecule has 1 atom stereocenters. The number of thiophene rings is 1. The van der Waals surface area contributed by atoms with Crippen LogP contribution in [0.2, 0.25) is 0 Å². The van der Waals surface area contributed by atoms with Gasteiger partial charge in [-0.15, -0.1) is 0 Å². The van der Waals surface area contributed by atoms with E-state index in [0.29, 0.717) is 5.69 Å². The molecule has 34 heavy (non-hydrogen) atoms. The topological polar surface area (TPSA) is 82.5 Å². The average Bonchev–Trinajstić information content (AvgIpc) is 3.40. The van der Waals surface area contributed by atoms with E-state index in [0.717, 1.165) is 61.6 Å². The molecule has 5 rings (SSSR count). The van der Waals surface area contributed by atoms with Crippen LogP contribution in [-0.2, 0) is 8.79 Å². The molecule has 1 aliphatic heterocycles. The molecule has 0 spiro atoms. The van der Waals surface area contributed by atoms with Crippen LogP contribution >= 0.6 is 22.7 Å². The Bertz CT molecular complexity index is 1210. The van der Waals surface area contributed by atoms with Crippen molar-refractivity contribution >= 4 is 43.0 Å². The van der Waals surface area contributed by atoms with Gasteiger partial charge in [-0.25, -0.2) is 4.39 Å². The first-order chi connectivity index (χ1) is 16.5. The van der Waals surface area contributed by atoms with Crippen molar-refractivity contribution in [3.8, 4) is 11.3 Å². The summed E-state index contributed by atoms with van der Waals surface area (Å²) >= 11 is 2.98. The molecule has 0 saturated carbocycles. The van der Waals surface area contributed by atoms with Crippen LogP contribution in [0.4, 0.5) is 15.2 Å². The minimum atomic E-state index is -1.24. The van der Waals surface area contributed by atoms with Gasteiger partial charge in [0.15, 0.2) is 0 Å². The predicted molar refractivity (Wildman–Crippen MR) is 131 cm³/mol. The van der Waals surface area contributed by atoms with E-state index >= 15 is 0 Å². The molecule has 3 N–H and O–H groups in total. The summed E-state index contributed by atoms with van der Waals surface area (Å²) < 4.78 is 20.7. The number of fused-ring (bicyclic) bond motifs is 1. The number of aliphatic hydroxyl groups is 1. The van der Waals surface area contributed by atoms with E-state index in [1.54, 1.807) is 24.3 Å². The molecule has 3 aromatic heterocycles. The van der Waals surface area contributed by atoms with Gasteiger partial charge in [0.05, 0.1) is 11.9 Å². The number of nitrogens with zero attached hydrogens (tertiary/aromatic N) is 3. The monoisotopic (exact) mass is 612 g/mol. The van der Waals surface area contributed by atoms with Crippen LogP contribution < -0.4 is 32.3 Å². The van der Waals surface area contributed by atoms with Crippen molar-refractivity contribution in [1.82, 2.24) is 14.9 Å². The summed E-state index contributed by atoms with van der Waals surface area (Å²) in [6.07, 6.45) is 1.20. The van der Waals surface area contributed by atoms with Gasteiger partial charge in [0.2, 0.25) is 0 Å². The van der Waals surface area contributed by atoms with Crippen molar-refractivity contribution in [2.45, 2.75) is 12.6 Å². The van der Waals surface area contributed by atoms with Gasteiger partial charge in [-0.2, -0.15) is 0 Å². The number of rotatable bonds is 8. The molecule has 180 valence electrons. The number of pyridine rings is 1. The SMILES string of the molecule is CC(O)(Nc1ccc(-c2ccc(F)cn2)cc1)c1cc2sc(NCCN3CCO[I-]C3)nc2s1. The first-order valence-corrected chi connectivity index (χ1v) is 14.8. The third-order valence-corrected chi connectivity index (χ3v) is 9.80. The first-order valence-electron chi connectivity index (χ1n) is 10.8. The Balaban J connectivity index is 1.21. The number of aromatic nitrogens is 2. The molecule has 11 heteroatoms. The van der Waals surface area contributed by atoms with Crippen molar-refractivity contribution in [3.05, 3.63) is 59.4 Å². The minimum absolute atomic E-state index is 0.114. The van der Waals surface area contributed by atoms with E-state index in [1.165, 1.54) is 23.6 Å². The Kier molecular flexibility index (Phi) is 7.27.